The van der Waals surface area contributed by atoms with Crippen molar-refractivity contribution in [2.24, 2.45) is 0 Å². The molecular weight excluding hydrogens is 404 g/mol. The molecule has 25 heavy (non-hydrogen) atoms. The maximum Gasteiger partial charge on any atom is 0.359 e. The summed E-state index contributed by atoms with van der Waals surface area (Å²) in [6.45, 7) is 2.06. The summed E-state index contributed by atoms with van der Waals surface area (Å²) in [6, 6.07) is 17.4. The van der Waals surface area contributed by atoms with E-state index < -0.39 is 5.97 Å². The Morgan fingerprint density at radius 1 is 1.20 bits per heavy atom. The van der Waals surface area contributed by atoms with Crippen LogP contribution < -0.4 is 0 Å². The number of rotatable bonds is 5. The van der Waals surface area contributed by atoms with Crippen LogP contribution in [0, 0.1) is 0 Å². The van der Waals surface area contributed by atoms with Gasteiger partial charge in [-0.1, -0.05) is 48.0 Å². The maximum absolute atomic E-state index is 12.2. The first-order valence-corrected chi connectivity index (χ1v) is 9.01. The molecule has 4 nitrogen and oxygen atoms in total. The Morgan fingerprint density at radius 3 is 2.64 bits per heavy atom. The lowest BCUT2D eigenvalue weighted by Gasteiger charge is -2.10. The molecule has 6 heteroatoms. The Hall–Kier alpha value is -2.11. The standard InChI is InChI=1S/C19H16BrClN2O2/c1-2-25-19(24)17-18(20)23(15-10-6-9-14(21)12-15)16(22-17)11-13-7-4-3-5-8-13/h3-10,12H,2,11H2,1H3. The fourth-order valence-corrected chi connectivity index (χ4v) is 3.39. The quantitative estimate of drug-likeness (QED) is 0.543. The van der Waals surface area contributed by atoms with Crippen LogP contribution in [-0.2, 0) is 11.2 Å². The highest BCUT2D eigenvalue weighted by atomic mass is 79.9. The third kappa shape index (κ3) is 3.94. The van der Waals surface area contributed by atoms with E-state index in [-0.39, 0.29) is 5.69 Å². The van der Waals surface area contributed by atoms with Gasteiger partial charge in [-0.25, -0.2) is 9.78 Å². The summed E-state index contributed by atoms with van der Waals surface area (Å²) in [5, 5.41) is 0.612. The summed E-state index contributed by atoms with van der Waals surface area (Å²) in [6.07, 6.45) is 0.575. The van der Waals surface area contributed by atoms with Crippen molar-refractivity contribution in [3.05, 3.63) is 81.3 Å². The van der Waals surface area contributed by atoms with Crippen LogP contribution >= 0.6 is 27.5 Å². The molecule has 0 amide bonds. The number of esters is 1. The maximum atomic E-state index is 12.2. The lowest BCUT2D eigenvalue weighted by atomic mass is 10.1. The highest BCUT2D eigenvalue weighted by molar-refractivity contribution is 9.10. The number of benzene rings is 2. The van der Waals surface area contributed by atoms with Crippen molar-refractivity contribution < 1.29 is 9.53 Å². The third-order valence-corrected chi connectivity index (χ3v) is 4.60. The van der Waals surface area contributed by atoms with Gasteiger partial charge in [0, 0.05) is 17.1 Å². The lowest BCUT2D eigenvalue weighted by molar-refractivity contribution is 0.0518. The van der Waals surface area contributed by atoms with Crippen molar-refractivity contribution in [1.82, 2.24) is 9.55 Å². The van der Waals surface area contributed by atoms with Crippen molar-refractivity contribution in [1.29, 1.82) is 0 Å². The first-order valence-electron chi connectivity index (χ1n) is 7.84. The Labute approximate surface area is 159 Å². The second-order valence-corrected chi connectivity index (χ2v) is 6.55. The zero-order chi connectivity index (χ0) is 17.8. The van der Waals surface area contributed by atoms with Crippen molar-refractivity contribution in [2.45, 2.75) is 13.3 Å². The molecule has 0 fully saturated rings. The molecule has 0 aliphatic carbocycles. The van der Waals surface area contributed by atoms with E-state index in [0.717, 1.165) is 17.1 Å². The second kappa shape index (κ2) is 7.85. The van der Waals surface area contributed by atoms with Crippen LogP contribution in [0.5, 0.6) is 0 Å². The zero-order valence-electron chi connectivity index (χ0n) is 13.6. The van der Waals surface area contributed by atoms with Crippen molar-refractivity contribution >= 4 is 33.5 Å². The summed E-state index contributed by atoms with van der Waals surface area (Å²) >= 11 is 9.64. The Morgan fingerprint density at radius 2 is 1.96 bits per heavy atom. The number of carbonyl (C=O) groups is 1. The Kier molecular flexibility index (Phi) is 5.56. The van der Waals surface area contributed by atoms with E-state index in [1.807, 2.05) is 53.1 Å². The normalized spacial score (nSPS) is 10.7. The third-order valence-electron chi connectivity index (χ3n) is 3.63. The minimum Gasteiger partial charge on any atom is -0.461 e. The van der Waals surface area contributed by atoms with Crippen molar-refractivity contribution in [3.8, 4) is 5.69 Å². The van der Waals surface area contributed by atoms with Crippen LogP contribution in [0.3, 0.4) is 0 Å². The molecule has 0 bridgehead atoms. The van der Waals surface area contributed by atoms with Gasteiger partial charge >= 0.3 is 5.97 Å². The monoisotopic (exact) mass is 418 g/mol. The molecule has 2 aromatic carbocycles. The minimum absolute atomic E-state index is 0.257. The predicted octanol–water partition coefficient (Wildman–Crippen LogP) is 5.06. The van der Waals surface area contributed by atoms with E-state index in [9.17, 15) is 4.79 Å². The van der Waals surface area contributed by atoms with Crippen LogP contribution in [-0.4, -0.2) is 22.1 Å². The minimum atomic E-state index is -0.454. The largest absolute Gasteiger partial charge is 0.461 e. The van der Waals surface area contributed by atoms with Gasteiger partial charge in [-0.3, -0.25) is 4.57 Å². The van der Waals surface area contributed by atoms with E-state index in [2.05, 4.69) is 20.9 Å². The van der Waals surface area contributed by atoms with Gasteiger partial charge in [-0.05, 0) is 46.6 Å². The van der Waals surface area contributed by atoms with Gasteiger partial charge in [0.1, 0.15) is 10.4 Å². The van der Waals surface area contributed by atoms with Gasteiger partial charge in [0.25, 0.3) is 0 Å². The average molecular weight is 420 g/mol. The number of ether oxygens (including phenoxy) is 1. The van der Waals surface area contributed by atoms with Gasteiger partial charge < -0.3 is 4.74 Å². The van der Waals surface area contributed by atoms with Crippen LogP contribution in [0.2, 0.25) is 5.02 Å². The SMILES string of the molecule is CCOC(=O)c1nc(Cc2ccccc2)n(-c2cccc(Cl)c2)c1Br. The Bertz CT molecular complexity index is 894. The molecule has 0 saturated heterocycles. The van der Waals surface area contributed by atoms with Crippen molar-refractivity contribution in [2.75, 3.05) is 6.61 Å². The van der Waals surface area contributed by atoms with Gasteiger partial charge in [-0.2, -0.15) is 0 Å². The summed E-state index contributed by atoms with van der Waals surface area (Å²) in [7, 11) is 0. The van der Waals surface area contributed by atoms with Crippen LogP contribution in [0.25, 0.3) is 5.69 Å². The zero-order valence-corrected chi connectivity index (χ0v) is 15.9. The molecule has 0 radical (unpaired) electrons. The molecule has 0 saturated carbocycles. The summed E-state index contributed by atoms with van der Waals surface area (Å²) in [4.78, 5) is 16.8. The number of halogens is 2. The van der Waals surface area contributed by atoms with E-state index in [4.69, 9.17) is 16.3 Å². The number of hydrogen-bond donors (Lipinski definition) is 0. The number of aromatic nitrogens is 2. The first-order chi connectivity index (χ1) is 12.1. The lowest BCUT2D eigenvalue weighted by Crippen LogP contribution is -2.06. The molecule has 0 aliphatic heterocycles. The number of hydrogen-bond acceptors (Lipinski definition) is 3. The number of carbonyl (C=O) groups excluding carboxylic acids is 1. The predicted molar refractivity (Wildman–Crippen MR) is 101 cm³/mol. The Balaban J connectivity index is 2.11. The molecule has 3 rings (SSSR count). The average Bonchev–Trinajstić information content (AvgIpc) is 2.92. The fraction of sp³-hybridized carbons (Fsp3) is 0.158. The van der Waals surface area contributed by atoms with Crippen LogP contribution in [0.4, 0.5) is 0 Å². The van der Waals surface area contributed by atoms with Crippen LogP contribution in [0.1, 0.15) is 28.8 Å². The molecule has 0 aliphatic rings. The highest BCUT2D eigenvalue weighted by Crippen LogP contribution is 2.27. The van der Waals surface area contributed by atoms with Crippen molar-refractivity contribution in [3.63, 3.8) is 0 Å². The van der Waals surface area contributed by atoms with Gasteiger partial charge in [0.15, 0.2) is 5.69 Å². The van der Waals surface area contributed by atoms with Crippen LogP contribution in [0.15, 0.2) is 59.2 Å². The van der Waals surface area contributed by atoms with Gasteiger partial charge in [0.2, 0.25) is 0 Å². The first kappa shape index (κ1) is 17.7. The molecule has 3 aromatic rings. The smallest absolute Gasteiger partial charge is 0.359 e. The fourth-order valence-electron chi connectivity index (χ4n) is 2.55. The molecule has 1 aromatic heterocycles. The van der Waals surface area contributed by atoms with Gasteiger partial charge in [-0.15, -0.1) is 0 Å². The molecule has 128 valence electrons. The molecule has 0 N–H and O–H groups in total. The summed E-state index contributed by atoms with van der Waals surface area (Å²) in [5.41, 5.74) is 2.18. The topological polar surface area (TPSA) is 44.1 Å². The molecule has 1 heterocycles. The van der Waals surface area contributed by atoms with E-state index in [1.54, 1.807) is 13.0 Å². The molecule has 0 spiro atoms. The van der Waals surface area contributed by atoms with Gasteiger partial charge in [0.05, 0.1) is 6.61 Å². The summed E-state index contributed by atoms with van der Waals surface area (Å²) < 4.78 is 7.55. The van der Waals surface area contributed by atoms with E-state index in [1.165, 1.54) is 0 Å². The molecule has 0 unspecified atom stereocenters. The summed E-state index contributed by atoms with van der Waals surface area (Å²) in [5.74, 6) is 0.271. The second-order valence-electron chi connectivity index (χ2n) is 5.37. The van der Waals surface area contributed by atoms with E-state index >= 15 is 0 Å². The number of nitrogens with zero attached hydrogens (tertiary/aromatic N) is 2. The number of imidazole rings is 1. The molecular formula is C19H16BrClN2O2. The molecule has 0 atom stereocenters. The highest BCUT2D eigenvalue weighted by Gasteiger charge is 2.23. The van der Waals surface area contributed by atoms with E-state index in [0.29, 0.717) is 22.7 Å².